The van der Waals surface area contributed by atoms with E-state index in [1.165, 1.54) is 18.2 Å². The van der Waals surface area contributed by atoms with Crippen molar-refractivity contribution in [3.05, 3.63) is 59.9 Å². The number of benzene rings is 2. The molecule has 0 fully saturated rings. The second kappa shape index (κ2) is 7.13. The van der Waals surface area contributed by atoms with E-state index < -0.39 is 16.6 Å². The highest BCUT2D eigenvalue weighted by Crippen LogP contribution is 2.20. The summed E-state index contributed by atoms with van der Waals surface area (Å²) in [6.45, 7) is 2.27. The van der Waals surface area contributed by atoms with Crippen molar-refractivity contribution in [3.8, 4) is 5.75 Å². The summed E-state index contributed by atoms with van der Waals surface area (Å²) in [5, 5.41) is 0. The number of carbonyl (C=O) groups is 1. The Hall–Kier alpha value is -2.01. The van der Waals surface area contributed by atoms with E-state index in [9.17, 15) is 13.4 Å². The van der Waals surface area contributed by atoms with Crippen LogP contribution >= 0.6 is 0 Å². The highest BCUT2D eigenvalue weighted by molar-refractivity contribution is 7.85. The van der Waals surface area contributed by atoms with Crippen LogP contribution in [0.2, 0.25) is 0 Å². The molecule has 0 aliphatic heterocycles. The molecule has 0 amide bonds. The summed E-state index contributed by atoms with van der Waals surface area (Å²) >= 11 is 0. The van der Waals surface area contributed by atoms with Crippen molar-refractivity contribution >= 4 is 16.6 Å². The van der Waals surface area contributed by atoms with Gasteiger partial charge in [0, 0.05) is 4.90 Å². The van der Waals surface area contributed by atoms with Crippen LogP contribution < -0.4 is 4.74 Å². The summed E-state index contributed by atoms with van der Waals surface area (Å²) in [5.41, 5.74) is 0.393. The fourth-order valence-corrected chi connectivity index (χ4v) is 2.90. The van der Waals surface area contributed by atoms with E-state index in [-0.39, 0.29) is 11.5 Å². The third-order valence-corrected chi connectivity index (χ3v) is 4.11. The molecule has 0 saturated carbocycles. The minimum absolute atomic E-state index is 0.201. The van der Waals surface area contributed by atoms with Gasteiger partial charge in [0.25, 0.3) is 0 Å². The van der Waals surface area contributed by atoms with Crippen LogP contribution in [-0.2, 0) is 10.8 Å². The van der Waals surface area contributed by atoms with Crippen molar-refractivity contribution in [1.82, 2.24) is 0 Å². The number of hydrogen-bond acceptors (Lipinski definition) is 3. The molecule has 0 aromatic heterocycles. The maximum absolute atomic E-state index is 13.1. The highest BCUT2D eigenvalue weighted by Gasteiger charge is 2.16. The maximum atomic E-state index is 13.1. The molecule has 2 aromatic carbocycles. The van der Waals surface area contributed by atoms with Gasteiger partial charge in [-0.1, -0.05) is 18.2 Å². The molecule has 5 heteroatoms. The summed E-state index contributed by atoms with van der Waals surface area (Å²) in [6.07, 6.45) is 0. The zero-order valence-corrected chi connectivity index (χ0v) is 12.4. The van der Waals surface area contributed by atoms with Crippen LogP contribution in [0.1, 0.15) is 17.3 Å². The molecule has 0 radical (unpaired) electrons. The van der Waals surface area contributed by atoms with Crippen molar-refractivity contribution in [1.29, 1.82) is 0 Å². The molecule has 0 N–H and O–H groups in total. The fraction of sp³-hybridized carbons (Fsp3) is 0.188. The molecule has 0 heterocycles. The van der Waals surface area contributed by atoms with E-state index in [2.05, 4.69) is 0 Å². The quantitative estimate of drug-likeness (QED) is 0.770. The van der Waals surface area contributed by atoms with Gasteiger partial charge >= 0.3 is 0 Å². The van der Waals surface area contributed by atoms with Gasteiger partial charge in [-0.25, -0.2) is 4.39 Å². The lowest BCUT2D eigenvalue weighted by molar-refractivity contribution is 0.101. The molecular weight excluding hydrogens is 291 g/mol. The van der Waals surface area contributed by atoms with Gasteiger partial charge in [0.15, 0.2) is 5.78 Å². The minimum atomic E-state index is -1.58. The van der Waals surface area contributed by atoms with Crippen molar-refractivity contribution in [2.75, 3.05) is 12.4 Å². The third-order valence-electron chi connectivity index (χ3n) is 2.81. The van der Waals surface area contributed by atoms with Crippen LogP contribution in [0.4, 0.5) is 4.39 Å². The molecule has 21 heavy (non-hydrogen) atoms. The molecule has 1 atom stereocenters. The van der Waals surface area contributed by atoms with Gasteiger partial charge in [-0.3, -0.25) is 9.00 Å². The molecule has 3 nitrogen and oxygen atoms in total. The molecule has 1 unspecified atom stereocenters. The normalized spacial score (nSPS) is 11.9. The number of halogens is 1. The minimum Gasteiger partial charge on any atom is -0.493 e. The van der Waals surface area contributed by atoms with Crippen LogP contribution in [0.5, 0.6) is 5.75 Å². The predicted molar refractivity (Wildman–Crippen MR) is 79.6 cm³/mol. The first kappa shape index (κ1) is 15.4. The smallest absolute Gasteiger partial charge is 0.179 e. The van der Waals surface area contributed by atoms with E-state index in [1.807, 2.05) is 6.92 Å². The first-order valence-corrected chi connectivity index (χ1v) is 7.82. The lowest BCUT2D eigenvalue weighted by atomic mass is 10.1. The maximum Gasteiger partial charge on any atom is 0.179 e. The number of carbonyl (C=O) groups excluding carboxylic acids is 1. The summed E-state index contributed by atoms with van der Waals surface area (Å²) in [6, 6.07) is 12.3. The lowest BCUT2D eigenvalue weighted by Gasteiger charge is -2.09. The Labute approximate surface area is 125 Å². The molecule has 2 aromatic rings. The average Bonchev–Trinajstić information content (AvgIpc) is 2.48. The SMILES string of the molecule is CCOc1ccccc1C(=O)CS(=O)c1cccc(F)c1. The number of Topliss-reactive ketones (excluding diaryl/α,β-unsaturated/α-hetero) is 1. The second-order valence-electron chi connectivity index (χ2n) is 4.30. The lowest BCUT2D eigenvalue weighted by Crippen LogP contribution is -2.13. The van der Waals surface area contributed by atoms with E-state index in [0.717, 1.165) is 0 Å². The number of para-hydroxylation sites is 1. The first-order chi connectivity index (χ1) is 10.1. The Balaban J connectivity index is 2.16. The topological polar surface area (TPSA) is 43.4 Å². The monoisotopic (exact) mass is 306 g/mol. The zero-order valence-electron chi connectivity index (χ0n) is 11.5. The largest absolute Gasteiger partial charge is 0.493 e. The Morgan fingerprint density at radius 2 is 1.95 bits per heavy atom. The van der Waals surface area contributed by atoms with Crippen LogP contribution in [0, 0.1) is 5.82 Å². The van der Waals surface area contributed by atoms with Crippen LogP contribution in [0.15, 0.2) is 53.4 Å². The Morgan fingerprint density at radius 3 is 2.67 bits per heavy atom. The molecule has 0 saturated heterocycles. The molecule has 0 aliphatic rings. The summed E-state index contributed by atoms with van der Waals surface area (Å²) in [4.78, 5) is 12.5. The number of ketones is 1. The van der Waals surface area contributed by atoms with E-state index >= 15 is 0 Å². The number of ether oxygens (including phenoxy) is 1. The van der Waals surface area contributed by atoms with Gasteiger partial charge in [0.1, 0.15) is 11.6 Å². The number of hydrogen-bond donors (Lipinski definition) is 0. The van der Waals surface area contributed by atoms with Gasteiger partial charge in [-0.2, -0.15) is 0 Å². The van der Waals surface area contributed by atoms with E-state index in [4.69, 9.17) is 4.74 Å². The second-order valence-corrected chi connectivity index (χ2v) is 5.75. The van der Waals surface area contributed by atoms with Crippen LogP contribution in [-0.4, -0.2) is 22.4 Å². The molecule has 0 spiro atoms. The van der Waals surface area contributed by atoms with Crippen molar-refractivity contribution < 1.29 is 18.1 Å². The molecule has 0 aliphatic carbocycles. The fourth-order valence-electron chi connectivity index (χ4n) is 1.87. The molecule has 2 rings (SSSR count). The molecule has 110 valence electrons. The summed E-state index contributed by atoms with van der Waals surface area (Å²) in [5.74, 6) is -0.487. The van der Waals surface area contributed by atoms with Gasteiger partial charge in [-0.15, -0.1) is 0 Å². The van der Waals surface area contributed by atoms with Gasteiger partial charge in [-0.05, 0) is 37.3 Å². The Morgan fingerprint density at radius 1 is 1.19 bits per heavy atom. The predicted octanol–water partition coefficient (Wildman–Crippen LogP) is 3.21. The van der Waals surface area contributed by atoms with Gasteiger partial charge in [0.2, 0.25) is 0 Å². The molecular formula is C16H15FO3S. The van der Waals surface area contributed by atoms with Crippen molar-refractivity contribution in [2.45, 2.75) is 11.8 Å². The van der Waals surface area contributed by atoms with E-state index in [0.29, 0.717) is 22.8 Å². The van der Waals surface area contributed by atoms with Crippen LogP contribution in [0.3, 0.4) is 0 Å². The third kappa shape index (κ3) is 3.98. The van der Waals surface area contributed by atoms with Crippen molar-refractivity contribution in [2.24, 2.45) is 0 Å². The van der Waals surface area contributed by atoms with Gasteiger partial charge < -0.3 is 4.74 Å². The summed E-state index contributed by atoms with van der Waals surface area (Å²) in [7, 11) is -1.58. The van der Waals surface area contributed by atoms with Gasteiger partial charge in [0.05, 0.1) is 28.7 Å². The standard InChI is InChI=1S/C16H15FO3S/c1-2-20-16-9-4-3-8-14(16)15(18)11-21(19)13-7-5-6-12(17)10-13/h3-10H,2,11H2,1H3. The number of rotatable bonds is 6. The zero-order chi connectivity index (χ0) is 15.2. The van der Waals surface area contributed by atoms with Crippen molar-refractivity contribution in [3.63, 3.8) is 0 Å². The Bertz CT molecular complexity index is 670. The first-order valence-electron chi connectivity index (χ1n) is 6.50. The Kier molecular flexibility index (Phi) is 5.22. The average molecular weight is 306 g/mol. The molecule has 0 bridgehead atoms. The highest BCUT2D eigenvalue weighted by atomic mass is 32.2. The summed E-state index contributed by atoms with van der Waals surface area (Å²) < 4.78 is 30.6. The van der Waals surface area contributed by atoms with E-state index in [1.54, 1.807) is 30.3 Å². The van der Waals surface area contributed by atoms with Crippen LogP contribution in [0.25, 0.3) is 0 Å².